The minimum atomic E-state index is -0.370. The van der Waals surface area contributed by atoms with Crippen molar-refractivity contribution in [2.75, 3.05) is 6.79 Å². The Balaban J connectivity index is 2.27. The fourth-order valence-electron chi connectivity index (χ4n) is 2.52. The lowest BCUT2D eigenvalue weighted by Crippen LogP contribution is -2.02. The van der Waals surface area contributed by atoms with Crippen molar-refractivity contribution in [2.45, 2.75) is 13.8 Å². The zero-order chi connectivity index (χ0) is 15.7. The second-order valence-corrected chi connectivity index (χ2v) is 6.15. The van der Waals surface area contributed by atoms with E-state index < -0.39 is 0 Å². The van der Waals surface area contributed by atoms with Crippen LogP contribution in [-0.2, 0) is 4.74 Å². The van der Waals surface area contributed by atoms with E-state index in [1.807, 2.05) is 50.2 Å². The van der Waals surface area contributed by atoms with Gasteiger partial charge in [0.25, 0.3) is 0 Å². The summed E-state index contributed by atoms with van der Waals surface area (Å²) < 4.78 is 7.10. The van der Waals surface area contributed by atoms with Gasteiger partial charge in [0.05, 0.1) is 0 Å². The summed E-state index contributed by atoms with van der Waals surface area (Å²) in [5.41, 5.74) is 2.00. The SMILES string of the molecule is CC=C(OCO)c1ccc2c(=O)c3cc(C)ccc3sc2c1. The molecule has 0 radical (unpaired) electrons. The number of benzene rings is 2. The van der Waals surface area contributed by atoms with Crippen LogP contribution in [0, 0.1) is 6.92 Å². The highest BCUT2D eigenvalue weighted by Gasteiger charge is 2.09. The number of aliphatic hydroxyl groups is 1. The van der Waals surface area contributed by atoms with Crippen LogP contribution < -0.4 is 5.43 Å². The van der Waals surface area contributed by atoms with Crippen molar-refractivity contribution in [2.24, 2.45) is 0 Å². The molecule has 0 unspecified atom stereocenters. The van der Waals surface area contributed by atoms with Crippen LogP contribution in [0.4, 0.5) is 0 Å². The molecule has 0 aliphatic carbocycles. The summed E-state index contributed by atoms with van der Waals surface area (Å²) in [5.74, 6) is 0.605. The van der Waals surface area contributed by atoms with Crippen molar-refractivity contribution < 1.29 is 9.84 Å². The third-order valence-electron chi connectivity index (χ3n) is 3.59. The summed E-state index contributed by atoms with van der Waals surface area (Å²) in [6.45, 7) is 3.47. The third kappa shape index (κ3) is 2.51. The molecule has 3 rings (SSSR count). The number of ether oxygens (including phenoxy) is 1. The van der Waals surface area contributed by atoms with E-state index in [-0.39, 0.29) is 12.2 Å². The van der Waals surface area contributed by atoms with E-state index in [1.54, 1.807) is 17.4 Å². The van der Waals surface area contributed by atoms with Crippen LogP contribution in [0.3, 0.4) is 0 Å². The Kier molecular flexibility index (Phi) is 3.96. The van der Waals surface area contributed by atoms with Crippen LogP contribution in [0.1, 0.15) is 18.1 Å². The molecule has 0 spiro atoms. The van der Waals surface area contributed by atoms with Gasteiger partial charge in [0, 0.05) is 25.7 Å². The van der Waals surface area contributed by atoms with E-state index >= 15 is 0 Å². The molecule has 0 fully saturated rings. The van der Waals surface area contributed by atoms with E-state index in [1.165, 1.54) is 0 Å². The molecule has 22 heavy (non-hydrogen) atoms. The Hall–Kier alpha value is -2.17. The zero-order valence-electron chi connectivity index (χ0n) is 12.4. The summed E-state index contributed by atoms with van der Waals surface area (Å²) in [5, 5.41) is 10.4. The lowest BCUT2D eigenvalue weighted by Gasteiger charge is -2.09. The minimum absolute atomic E-state index is 0.0594. The molecule has 0 aliphatic rings. The minimum Gasteiger partial charge on any atom is -0.467 e. The summed E-state index contributed by atoms with van der Waals surface area (Å²) in [6.07, 6.45) is 1.80. The van der Waals surface area contributed by atoms with Gasteiger partial charge in [-0.05, 0) is 44.2 Å². The van der Waals surface area contributed by atoms with Gasteiger partial charge in [-0.3, -0.25) is 4.79 Å². The van der Waals surface area contributed by atoms with Crippen molar-refractivity contribution in [3.05, 3.63) is 63.8 Å². The molecule has 1 aromatic heterocycles. The second-order valence-electron chi connectivity index (χ2n) is 5.07. The Morgan fingerprint density at radius 2 is 2.00 bits per heavy atom. The predicted octanol–water partition coefficient (Wildman–Crippen LogP) is 4.05. The Morgan fingerprint density at radius 3 is 2.73 bits per heavy atom. The van der Waals surface area contributed by atoms with E-state index in [9.17, 15) is 4.79 Å². The first-order valence-electron chi connectivity index (χ1n) is 7.01. The molecular formula is C18H16O3S. The van der Waals surface area contributed by atoms with E-state index in [4.69, 9.17) is 9.84 Å². The summed E-state index contributed by atoms with van der Waals surface area (Å²) in [4.78, 5) is 12.6. The first-order valence-corrected chi connectivity index (χ1v) is 7.83. The smallest absolute Gasteiger partial charge is 0.195 e. The van der Waals surface area contributed by atoms with Gasteiger partial charge >= 0.3 is 0 Å². The number of rotatable bonds is 3. The van der Waals surface area contributed by atoms with E-state index in [0.717, 1.165) is 25.9 Å². The van der Waals surface area contributed by atoms with Crippen LogP contribution in [0.25, 0.3) is 25.9 Å². The van der Waals surface area contributed by atoms with Gasteiger partial charge < -0.3 is 9.84 Å². The molecular weight excluding hydrogens is 296 g/mol. The maximum atomic E-state index is 12.6. The van der Waals surface area contributed by atoms with Gasteiger partial charge in [0.2, 0.25) is 0 Å². The standard InChI is InChI=1S/C18H16O3S/c1-3-15(21-10-19)12-5-6-13-17(9-12)22-16-7-4-11(2)8-14(16)18(13)20/h3-9,19H,10H2,1-2H3. The van der Waals surface area contributed by atoms with Crippen LogP contribution >= 0.6 is 11.3 Å². The predicted molar refractivity (Wildman–Crippen MR) is 92.2 cm³/mol. The Morgan fingerprint density at radius 1 is 1.18 bits per heavy atom. The molecule has 3 aromatic rings. The number of aliphatic hydroxyl groups excluding tert-OH is 1. The molecule has 0 saturated heterocycles. The molecule has 2 aromatic carbocycles. The average Bonchev–Trinajstić information content (AvgIpc) is 2.53. The molecule has 0 bridgehead atoms. The highest BCUT2D eigenvalue weighted by molar-refractivity contribution is 7.24. The lowest BCUT2D eigenvalue weighted by atomic mass is 10.1. The van der Waals surface area contributed by atoms with Gasteiger partial charge in [0.15, 0.2) is 12.2 Å². The van der Waals surface area contributed by atoms with Gasteiger partial charge in [-0.1, -0.05) is 17.7 Å². The van der Waals surface area contributed by atoms with Crippen molar-refractivity contribution in [1.82, 2.24) is 0 Å². The van der Waals surface area contributed by atoms with Crippen LogP contribution in [0.5, 0.6) is 0 Å². The van der Waals surface area contributed by atoms with Gasteiger partial charge in [-0.25, -0.2) is 0 Å². The maximum Gasteiger partial charge on any atom is 0.195 e. The molecule has 1 heterocycles. The fourth-order valence-corrected chi connectivity index (χ4v) is 3.62. The third-order valence-corrected chi connectivity index (χ3v) is 4.73. The zero-order valence-corrected chi connectivity index (χ0v) is 13.2. The maximum absolute atomic E-state index is 12.6. The van der Waals surface area contributed by atoms with Crippen molar-refractivity contribution in [3.63, 3.8) is 0 Å². The van der Waals surface area contributed by atoms with Gasteiger partial charge in [0.1, 0.15) is 5.76 Å². The normalized spacial score (nSPS) is 12.0. The monoisotopic (exact) mass is 312 g/mol. The van der Waals surface area contributed by atoms with E-state index in [0.29, 0.717) is 11.1 Å². The van der Waals surface area contributed by atoms with Crippen LogP contribution in [0.15, 0.2) is 47.3 Å². The second kappa shape index (κ2) is 5.91. The number of aryl methyl sites for hydroxylation is 1. The average molecular weight is 312 g/mol. The molecule has 0 amide bonds. The van der Waals surface area contributed by atoms with Crippen molar-refractivity contribution in [3.8, 4) is 0 Å². The lowest BCUT2D eigenvalue weighted by molar-refractivity contribution is 0.0747. The topological polar surface area (TPSA) is 46.5 Å². The largest absolute Gasteiger partial charge is 0.467 e. The summed E-state index contributed by atoms with van der Waals surface area (Å²) in [7, 11) is 0. The first kappa shape index (κ1) is 14.8. The summed E-state index contributed by atoms with van der Waals surface area (Å²) >= 11 is 1.59. The molecule has 3 nitrogen and oxygen atoms in total. The molecule has 0 saturated carbocycles. The summed E-state index contributed by atoms with van der Waals surface area (Å²) in [6, 6.07) is 11.6. The number of fused-ring (bicyclic) bond motifs is 2. The number of allylic oxidation sites excluding steroid dienone is 1. The van der Waals surface area contributed by atoms with Crippen LogP contribution in [-0.4, -0.2) is 11.9 Å². The van der Waals surface area contributed by atoms with E-state index in [2.05, 4.69) is 0 Å². The van der Waals surface area contributed by atoms with Crippen molar-refractivity contribution >= 4 is 37.3 Å². The fraction of sp³-hybridized carbons (Fsp3) is 0.167. The first-order chi connectivity index (χ1) is 10.6. The molecule has 4 heteroatoms. The molecule has 1 N–H and O–H groups in total. The van der Waals surface area contributed by atoms with Crippen LogP contribution in [0.2, 0.25) is 0 Å². The Bertz CT molecular complexity index is 938. The number of hydrogen-bond donors (Lipinski definition) is 1. The number of hydrogen-bond acceptors (Lipinski definition) is 4. The van der Waals surface area contributed by atoms with Gasteiger partial charge in [-0.2, -0.15) is 0 Å². The highest BCUT2D eigenvalue weighted by Crippen LogP contribution is 2.28. The molecule has 112 valence electrons. The van der Waals surface area contributed by atoms with Gasteiger partial charge in [-0.15, -0.1) is 11.3 Å². The quantitative estimate of drug-likeness (QED) is 0.451. The molecule has 0 aliphatic heterocycles. The highest BCUT2D eigenvalue weighted by atomic mass is 32.1. The van der Waals surface area contributed by atoms with Crippen molar-refractivity contribution in [1.29, 1.82) is 0 Å². The molecule has 0 atom stereocenters. The Labute approximate surface area is 132 Å².